The van der Waals surface area contributed by atoms with Gasteiger partial charge in [0, 0.05) is 37.3 Å². The minimum atomic E-state index is -0.893. The molecule has 1 unspecified atom stereocenters. The molecule has 8 heteroatoms. The summed E-state index contributed by atoms with van der Waals surface area (Å²) in [5.41, 5.74) is 0.134. The Kier molecular flexibility index (Phi) is 7.83. The fraction of sp³-hybridized carbons (Fsp3) is 0.435. The fourth-order valence-corrected chi connectivity index (χ4v) is 3.09. The van der Waals surface area contributed by atoms with Gasteiger partial charge < -0.3 is 18.9 Å². The molecule has 0 spiro atoms. The first-order chi connectivity index (χ1) is 14.6. The molecule has 0 aliphatic heterocycles. The summed E-state index contributed by atoms with van der Waals surface area (Å²) in [5, 5.41) is 9.51. The van der Waals surface area contributed by atoms with Crippen molar-refractivity contribution in [3.63, 3.8) is 0 Å². The van der Waals surface area contributed by atoms with Crippen molar-refractivity contribution in [1.29, 1.82) is 5.26 Å². The van der Waals surface area contributed by atoms with E-state index in [2.05, 4.69) is 6.07 Å². The Morgan fingerprint density at radius 3 is 2.39 bits per heavy atom. The smallest absolute Gasteiger partial charge is 0.329 e. The van der Waals surface area contributed by atoms with Crippen LogP contribution in [0.1, 0.15) is 38.8 Å². The van der Waals surface area contributed by atoms with Crippen LogP contribution in [0.25, 0.3) is 11.1 Å². The number of methoxy groups -OCH3 is 3. The Morgan fingerprint density at radius 2 is 1.84 bits per heavy atom. The summed E-state index contributed by atoms with van der Waals surface area (Å²) in [6.07, 6.45) is 1.71. The van der Waals surface area contributed by atoms with E-state index in [-0.39, 0.29) is 13.0 Å². The molecule has 0 saturated carbocycles. The first-order valence-electron chi connectivity index (χ1n) is 9.75. The van der Waals surface area contributed by atoms with Gasteiger partial charge in [-0.2, -0.15) is 5.26 Å². The molecule has 0 bridgehead atoms. The Morgan fingerprint density at radius 1 is 1.13 bits per heavy atom. The van der Waals surface area contributed by atoms with E-state index in [0.29, 0.717) is 28.2 Å². The number of hydrogen-bond donors (Lipinski definition) is 0. The van der Waals surface area contributed by atoms with Crippen LogP contribution in [0.15, 0.2) is 35.3 Å². The zero-order valence-corrected chi connectivity index (χ0v) is 18.7. The normalized spacial score (nSPS) is 12.0. The van der Waals surface area contributed by atoms with Crippen LogP contribution in [0.4, 0.5) is 0 Å². The minimum absolute atomic E-state index is 0.246. The van der Waals surface area contributed by atoms with Crippen LogP contribution in [-0.4, -0.2) is 44.1 Å². The molecule has 0 aliphatic carbocycles. The topological polar surface area (TPSA) is 99.8 Å². The van der Waals surface area contributed by atoms with E-state index >= 15 is 0 Å². The van der Waals surface area contributed by atoms with E-state index in [9.17, 15) is 14.9 Å². The molecule has 166 valence electrons. The first-order valence-corrected chi connectivity index (χ1v) is 9.75. The predicted octanol–water partition coefficient (Wildman–Crippen LogP) is 3.32. The molecular formula is C23H28N2O6. The molecule has 0 N–H and O–H groups in total. The predicted molar refractivity (Wildman–Crippen MR) is 115 cm³/mol. The molecule has 1 atom stereocenters. The fourth-order valence-electron chi connectivity index (χ4n) is 3.09. The zero-order valence-electron chi connectivity index (χ0n) is 18.7. The molecule has 0 amide bonds. The average molecular weight is 428 g/mol. The number of benzene rings is 1. The van der Waals surface area contributed by atoms with E-state index in [1.807, 2.05) is 0 Å². The van der Waals surface area contributed by atoms with Gasteiger partial charge in [-0.3, -0.25) is 9.36 Å². The van der Waals surface area contributed by atoms with Crippen LogP contribution < -0.4 is 15.0 Å². The molecule has 31 heavy (non-hydrogen) atoms. The molecule has 8 nitrogen and oxygen atoms in total. The second kappa shape index (κ2) is 10.1. The third kappa shape index (κ3) is 5.86. The molecule has 1 aromatic carbocycles. The lowest BCUT2D eigenvalue weighted by molar-refractivity contribution is -0.159. The number of ether oxygens (including phenoxy) is 4. The van der Waals surface area contributed by atoms with Gasteiger partial charge >= 0.3 is 5.97 Å². The second-order valence-electron chi connectivity index (χ2n) is 7.86. The zero-order chi connectivity index (χ0) is 23.2. The van der Waals surface area contributed by atoms with Gasteiger partial charge in [-0.1, -0.05) is 0 Å². The van der Waals surface area contributed by atoms with Crippen molar-refractivity contribution in [3.05, 3.63) is 46.4 Å². The molecule has 2 aromatic rings. The molecule has 1 aromatic heterocycles. The van der Waals surface area contributed by atoms with Crippen LogP contribution in [-0.2, 0) is 14.3 Å². The maximum Gasteiger partial charge on any atom is 0.329 e. The van der Waals surface area contributed by atoms with Gasteiger partial charge in [-0.25, -0.2) is 4.79 Å². The minimum Gasteiger partial charge on any atom is -0.497 e. The molecule has 1 heterocycles. The third-order valence-electron chi connectivity index (χ3n) is 4.51. The lowest BCUT2D eigenvalue weighted by Gasteiger charge is -2.25. The summed E-state index contributed by atoms with van der Waals surface area (Å²) < 4.78 is 22.7. The van der Waals surface area contributed by atoms with E-state index < -0.39 is 23.2 Å². The van der Waals surface area contributed by atoms with Crippen molar-refractivity contribution in [3.8, 4) is 28.7 Å². The highest BCUT2D eigenvalue weighted by molar-refractivity contribution is 5.78. The Hall–Kier alpha value is -3.31. The average Bonchev–Trinajstić information content (AvgIpc) is 2.72. The number of nitrogens with zero attached hydrogens (tertiary/aromatic N) is 2. The largest absolute Gasteiger partial charge is 0.497 e. The number of esters is 1. The van der Waals surface area contributed by atoms with E-state index in [1.165, 1.54) is 38.2 Å². The highest BCUT2D eigenvalue weighted by Crippen LogP contribution is 2.34. The van der Waals surface area contributed by atoms with Gasteiger partial charge in [-0.15, -0.1) is 0 Å². The van der Waals surface area contributed by atoms with E-state index in [4.69, 9.17) is 18.9 Å². The molecule has 0 fully saturated rings. The van der Waals surface area contributed by atoms with Gasteiger partial charge in [0.15, 0.2) is 0 Å². The molecule has 0 aliphatic rings. The summed E-state index contributed by atoms with van der Waals surface area (Å²) in [7, 11) is 4.49. The van der Waals surface area contributed by atoms with Gasteiger partial charge in [0.1, 0.15) is 23.1 Å². The maximum absolute atomic E-state index is 13.1. The number of carbonyl (C=O) groups excluding carboxylic acids is 1. The Bertz CT molecular complexity index is 1030. The van der Waals surface area contributed by atoms with Crippen molar-refractivity contribution in [2.75, 3.05) is 27.9 Å². The van der Waals surface area contributed by atoms with Gasteiger partial charge in [0.2, 0.25) is 0 Å². The summed E-state index contributed by atoms with van der Waals surface area (Å²) >= 11 is 0. The van der Waals surface area contributed by atoms with Crippen LogP contribution in [0.3, 0.4) is 0 Å². The van der Waals surface area contributed by atoms with Crippen molar-refractivity contribution in [2.24, 2.45) is 0 Å². The van der Waals surface area contributed by atoms with Crippen molar-refractivity contribution >= 4 is 5.97 Å². The first kappa shape index (κ1) is 24.0. The van der Waals surface area contributed by atoms with Crippen molar-refractivity contribution < 1.29 is 23.7 Å². The summed E-state index contributed by atoms with van der Waals surface area (Å²) in [5.74, 6) is 0.322. The van der Waals surface area contributed by atoms with Gasteiger partial charge in [-0.05, 0) is 39.0 Å². The Balaban J connectivity index is 2.63. The van der Waals surface area contributed by atoms with Crippen LogP contribution in [0.2, 0.25) is 0 Å². The van der Waals surface area contributed by atoms with Crippen molar-refractivity contribution in [2.45, 2.75) is 38.8 Å². The van der Waals surface area contributed by atoms with Gasteiger partial charge in [0.25, 0.3) is 5.56 Å². The summed E-state index contributed by atoms with van der Waals surface area (Å²) in [6.45, 7) is 5.54. The SMILES string of the molecule is COCCC(C(=O)OC(C)(C)C)n1cc(OC)c(-c2cc(OC)ccc2C#N)cc1=O. The molecule has 2 rings (SSSR count). The number of nitriles is 1. The van der Waals surface area contributed by atoms with Crippen LogP contribution in [0, 0.1) is 11.3 Å². The number of hydrogen-bond acceptors (Lipinski definition) is 7. The van der Waals surface area contributed by atoms with Crippen LogP contribution in [0.5, 0.6) is 11.5 Å². The number of aromatic nitrogens is 1. The Labute approximate surface area is 181 Å². The van der Waals surface area contributed by atoms with Gasteiger partial charge in [0.05, 0.1) is 32.0 Å². The highest BCUT2D eigenvalue weighted by Gasteiger charge is 2.28. The lowest BCUT2D eigenvalue weighted by Crippen LogP contribution is -2.35. The lowest BCUT2D eigenvalue weighted by atomic mass is 9.99. The van der Waals surface area contributed by atoms with E-state index in [0.717, 1.165) is 0 Å². The number of carbonyl (C=O) groups is 1. The second-order valence-corrected chi connectivity index (χ2v) is 7.86. The van der Waals surface area contributed by atoms with Crippen molar-refractivity contribution in [1.82, 2.24) is 4.57 Å². The molecular weight excluding hydrogens is 400 g/mol. The summed E-state index contributed by atoms with van der Waals surface area (Å²) in [4.78, 5) is 25.9. The molecule has 0 saturated heterocycles. The van der Waals surface area contributed by atoms with E-state index in [1.54, 1.807) is 39.0 Å². The van der Waals surface area contributed by atoms with Crippen LogP contribution >= 0.6 is 0 Å². The number of rotatable bonds is 8. The number of pyridine rings is 1. The maximum atomic E-state index is 13.1. The monoisotopic (exact) mass is 428 g/mol. The highest BCUT2D eigenvalue weighted by atomic mass is 16.6. The quantitative estimate of drug-likeness (QED) is 0.595. The standard InChI is InChI=1S/C23H28N2O6/c1-23(2,3)31-22(27)19(9-10-28-4)25-14-20(30-6)18(12-21(25)26)17-11-16(29-5)8-7-15(17)13-24/h7-8,11-12,14,19H,9-10H2,1-6H3. The molecule has 0 radical (unpaired) electrons. The summed E-state index contributed by atoms with van der Waals surface area (Å²) in [6, 6.07) is 7.51. The third-order valence-corrected chi connectivity index (χ3v) is 4.51.